The number of rotatable bonds is 3. The summed E-state index contributed by atoms with van der Waals surface area (Å²) in [5.74, 6) is -0.882. The number of carbonyl (C=O) groups excluding carboxylic acids is 2. The fourth-order valence-corrected chi connectivity index (χ4v) is 4.29. The number of hydrogen-bond donors (Lipinski definition) is 0. The summed E-state index contributed by atoms with van der Waals surface area (Å²) in [6.07, 6.45) is 2.20. The van der Waals surface area contributed by atoms with E-state index in [0.29, 0.717) is 25.2 Å². The minimum Gasteiger partial charge on any atom is -0.434 e. The zero-order valence-corrected chi connectivity index (χ0v) is 12.7. The Hall–Kier alpha value is -0.980. The monoisotopic (exact) mass is 298 g/mol. The third kappa shape index (κ3) is 2.12. The second kappa shape index (κ2) is 5.04. The normalized spacial score (nSPS) is 49.1. The Morgan fingerprint density at radius 1 is 1.29 bits per heavy atom. The Labute approximate surface area is 124 Å². The molecule has 4 aliphatic rings. The van der Waals surface area contributed by atoms with E-state index in [2.05, 4.69) is 6.92 Å². The van der Waals surface area contributed by atoms with Crippen LogP contribution in [0.3, 0.4) is 0 Å². The summed E-state index contributed by atoms with van der Waals surface area (Å²) in [6.45, 7) is 5.82. The predicted octanol–water partition coefficient (Wildman–Crippen LogP) is 1.96. The van der Waals surface area contributed by atoms with E-state index in [9.17, 15) is 9.59 Å². The molecule has 0 amide bonds. The van der Waals surface area contributed by atoms with Gasteiger partial charge in [0.05, 0.1) is 5.92 Å². The van der Waals surface area contributed by atoms with Crippen LogP contribution >= 0.6 is 0 Å². The molecule has 118 valence electrons. The molecule has 1 aliphatic carbocycles. The maximum atomic E-state index is 12.1. The highest BCUT2D eigenvalue weighted by Gasteiger charge is 2.67. The van der Waals surface area contributed by atoms with Crippen LogP contribution in [0.1, 0.15) is 46.5 Å². The number of ketones is 1. The molecule has 6 heteroatoms. The van der Waals surface area contributed by atoms with Gasteiger partial charge in [-0.1, -0.05) is 6.92 Å². The van der Waals surface area contributed by atoms with E-state index in [0.717, 1.165) is 12.8 Å². The van der Waals surface area contributed by atoms with Crippen molar-refractivity contribution >= 4 is 12.3 Å². The first-order valence-electron chi connectivity index (χ1n) is 7.57. The van der Waals surface area contributed by atoms with Crippen LogP contribution in [-0.2, 0) is 28.8 Å². The second-order valence-corrected chi connectivity index (χ2v) is 6.70. The molecule has 6 atom stereocenters. The smallest absolute Gasteiger partial charge is 0.295 e. The average Bonchev–Trinajstić information content (AvgIpc) is 2.65. The number of Topliss-reactive ketones (excluding diaryl/α,β-unsaturated/α-hetero) is 1. The summed E-state index contributed by atoms with van der Waals surface area (Å²) < 4.78 is 11.1. The lowest BCUT2D eigenvalue weighted by Crippen LogP contribution is -2.66. The van der Waals surface area contributed by atoms with Gasteiger partial charge >= 0.3 is 0 Å². The van der Waals surface area contributed by atoms with Crippen molar-refractivity contribution in [2.45, 2.75) is 64.1 Å². The first kappa shape index (κ1) is 14.9. The number of fused-ring (bicyclic) bond motifs is 3. The third-order valence-electron chi connectivity index (χ3n) is 5.39. The van der Waals surface area contributed by atoms with Crippen LogP contribution in [-0.4, -0.2) is 29.9 Å². The van der Waals surface area contributed by atoms with Crippen molar-refractivity contribution in [3.05, 3.63) is 0 Å². The summed E-state index contributed by atoms with van der Waals surface area (Å²) in [7, 11) is 0. The van der Waals surface area contributed by atoms with Crippen LogP contribution in [0.2, 0.25) is 0 Å². The van der Waals surface area contributed by atoms with E-state index < -0.39 is 17.7 Å². The Bertz CT molecular complexity index is 451. The maximum absolute atomic E-state index is 12.1. The fourth-order valence-electron chi connectivity index (χ4n) is 4.29. The van der Waals surface area contributed by atoms with Crippen molar-refractivity contribution in [1.29, 1.82) is 0 Å². The molecular weight excluding hydrogens is 276 g/mol. The second-order valence-electron chi connectivity index (χ2n) is 6.70. The Kier molecular flexibility index (Phi) is 3.58. The Morgan fingerprint density at radius 2 is 2.05 bits per heavy atom. The van der Waals surface area contributed by atoms with Crippen molar-refractivity contribution in [3.63, 3.8) is 0 Å². The first-order chi connectivity index (χ1) is 9.93. The number of ether oxygens (including phenoxy) is 2. The molecule has 0 aromatic heterocycles. The number of carbonyl (C=O) groups is 2. The highest BCUT2D eigenvalue weighted by atomic mass is 17.3. The standard InChI is InChI=1S/C15H22O6/c1-9-4-5-12(10(2)17)15-11(9)6-7-14(3,20-21-15)19-13(15)18-8-16/h8-9,11-13H,4-7H2,1-3H3/t9-,11+,12+,13-,14-,15-/m1/s1. The van der Waals surface area contributed by atoms with Gasteiger partial charge in [-0.2, -0.15) is 0 Å². The molecule has 0 aromatic rings. The van der Waals surface area contributed by atoms with Crippen LogP contribution in [0.4, 0.5) is 0 Å². The van der Waals surface area contributed by atoms with E-state index in [-0.39, 0.29) is 17.6 Å². The molecule has 0 N–H and O–H groups in total. The van der Waals surface area contributed by atoms with E-state index in [1.807, 2.05) is 0 Å². The van der Waals surface area contributed by atoms with Gasteiger partial charge in [0.1, 0.15) is 5.78 Å². The van der Waals surface area contributed by atoms with Crippen molar-refractivity contribution in [2.24, 2.45) is 17.8 Å². The molecule has 3 aliphatic heterocycles. The van der Waals surface area contributed by atoms with Gasteiger partial charge in [0.15, 0.2) is 5.60 Å². The molecule has 21 heavy (non-hydrogen) atoms. The van der Waals surface area contributed by atoms with Crippen LogP contribution in [0.5, 0.6) is 0 Å². The topological polar surface area (TPSA) is 71.1 Å². The molecule has 4 rings (SSSR count). The molecule has 0 unspecified atom stereocenters. The van der Waals surface area contributed by atoms with E-state index in [4.69, 9.17) is 19.2 Å². The highest BCUT2D eigenvalue weighted by Crippen LogP contribution is 2.56. The van der Waals surface area contributed by atoms with Gasteiger partial charge in [-0.05, 0) is 39.0 Å². The fraction of sp³-hybridized carbons (Fsp3) is 0.867. The molecule has 1 spiro atoms. The SMILES string of the molecule is CC(=O)[C@@H]1CC[C@@H](C)[C@@H]2CC[C@@]3(C)OO[C@@]12[C@H](OC=O)O3. The van der Waals surface area contributed by atoms with E-state index in [1.54, 1.807) is 13.8 Å². The van der Waals surface area contributed by atoms with Crippen LogP contribution in [0.25, 0.3) is 0 Å². The average molecular weight is 298 g/mol. The Balaban J connectivity index is 2.08. The van der Waals surface area contributed by atoms with Crippen LogP contribution in [0, 0.1) is 17.8 Å². The molecule has 3 heterocycles. The highest BCUT2D eigenvalue weighted by molar-refractivity contribution is 5.80. The minimum absolute atomic E-state index is 0.0177. The summed E-state index contributed by atoms with van der Waals surface area (Å²) >= 11 is 0. The molecule has 0 radical (unpaired) electrons. The van der Waals surface area contributed by atoms with Crippen molar-refractivity contribution < 1.29 is 28.8 Å². The maximum Gasteiger partial charge on any atom is 0.295 e. The van der Waals surface area contributed by atoms with Crippen molar-refractivity contribution in [2.75, 3.05) is 0 Å². The van der Waals surface area contributed by atoms with Gasteiger partial charge in [-0.3, -0.25) is 9.59 Å². The zero-order chi connectivity index (χ0) is 15.3. The van der Waals surface area contributed by atoms with Crippen molar-refractivity contribution in [1.82, 2.24) is 0 Å². The molecule has 6 nitrogen and oxygen atoms in total. The molecule has 3 saturated heterocycles. The van der Waals surface area contributed by atoms with Crippen LogP contribution in [0.15, 0.2) is 0 Å². The summed E-state index contributed by atoms with van der Waals surface area (Å²) in [6, 6.07) is 0. The molecule has 4 fully saturated rings. The van der Waals surface area contributed by atoms with Gasteiger partial charge in [-0.15, -0.1) is 0 Å². The predicted molar refractivity (Wildman–Crippen MR) is 70.6 cm³/mol. The van der Waals surface area contributed by atoms with Gasteiger partial charge in [-0.25, -0.2) is 9.78 Å². The van der Waals surface area contributed by atoms with Crippen molar-refractivity contribution in [3.8, 4) is 0 Å². The van der Waals surface area contributed by atoms with Crippen LogP contribution < -0.4 is 0 Å². The quantitative estimate of drug-likeness (QED) is 0.586. The molecule has 1 saturated carbocycles. The third-order valence-corrected chi connectivity index (χ3v) is 5.39. The largest absolute Gasteiger partial charge is 0.434 e. The molecule has 2 bridgehead atoms. The van der Waals surface area contributed by atoms with E-state index >= 15 is 0 Å². The zero-order valence-electron chi connectivity index (χ0n) is 12.7. The minimum atomic E-state index is -1.03. The Morgan fingerprint density at radius 3 is 2.71 bits per heavy atom. The van der Waals surface area contributed by atoms with Gasteiger partial charge < -0.3 is 9.47 Å². The number of hydrogen-bond acceptors (Lipinski definition) is 6. The summed E-state index contributed by atoms with van der Waals surface area (Å²) in [5, 5.41) is 0. The lowest BCUT2D eigenvalue weighted by molar-refractivity contribution is -0.550. The summed E-state index contributed by atoms with van der Waals surface area (Å²) in [4.78, 5) is 34.3. The van der Waals surface area contributed by atoms with E-state index in [1.165, 1.54) is 0 Å². The first-order valence-corrected chi connectivity index (χ1v) is 7.57. The lowest BCUT2D eigenvalue weighted by atomic mass is 9.61. The van der Waals surface area contributed by atoms with Gasteiger partial charge in [0, 0.05) is 12.3 Å². The molecule has 0 aromatic carbocycles. The molecular formula is C15H22O6. The lowest BCUT2D eigenvalue weighted by Gasteiger charge is -2.53. The van der Waals surface area contributed by atoms with Gasteiger partial charge in [0.2, 0.25) is 12.1 Å². The summed E-state index contributed by atoms with van der Waals surface area (Å²) in [5.41, 5.74) is -1.03. The van der Waals surface area contributed by atoms with Gasteiger partial charge in [0.25, 0.3) is 6.47 Å².